The minimum atomic E-state index is -0.182. The van der Waals surface area contributed by atoms with Crippen molar-refractivity contribution < 1.29 is 4.79 Å². The fourth-order valence-corrected chi connectivity index (χ4v) is 7.38. The maximum absolute atomic E-state index is 14.4. The summed E-state index contributed by atoms with van der Waals surface area (Å²) in [4.78, 5) is 27.9. The van der Waals surface area contributed by atoms with Crippen LogP contribution in [0, 0.1) is 5.92 Å². The summed E-state index contributed by atoms with van der Waals surface area (Å²) in [6, 6.07) is 18.7. The topological polar surface area (TPSA) is 54.3 Å². The second kappa shape index (κ2) is 13.1. The number of pyridine rings is 1. The van der Waals surface area contributed by atoms with Crippen LogP contribution in [0.4, 0.5) is 0 Å². The molecule has 1 aliphatic carbocycles. The fourth-order valence-electron chi connectivity index (χ4n) is 6.81. The number of likely N-dealkylation sites (N-methyl/N-ethyl adjacent to an activating group) is 1. The lowest BCUT2D eigenvalue weighted by molar-refractivity contribution is -0.139. The third kappa shape index (κ3) is 6.48. The largest absolute Gasteiger partial charge is 0.337 e. The lowest BCUT2D eigenvalue weighted by Gasteiger charge is -2.41. The highest BCUT2D eigenvalue weighted by atomic mass is 79.9. The first kappa shape index (κ1) is 29.1. The van der Waals surface area contributed by atoms with Crippen LogP contribution in [0.5, 0.6) is 0 Å². The molecule has 1 saturated heterocycles. The predicted octanol–water partition coefficient (Wildman–Crippen LogP) is 6.75. The summed E-state index contributed by atoms with van der Waals surface area (Å²) in [5.74, 6) is 0.645. The molecule has 6 rings (SSSR count). The Balaban J connectivity index is 1.28. The number of benzene rings is 2. The maximum Gasteiger partial charge on any atom is 0.240 e. The number of fused-ring (bicyclic) bond motifs is 2. The van der Waals surface area contributed by atoms with Crippen molar-refractivity contribution in [2.45, 2.75) is 57.2 Å². The van der Waals surface area contributed by atoms with Crippen molar-refractivity contribution >= 4 is 33.4 Å². The molecule has 0 N–H and O–H groups in total. The van der Waals surface area contributed by atoms with E-state index in [1.54, 1.807) is 6.20 Å². The van der Waals surface area contributed by atoms with Crippen LogP contribution >= 0.6 is 27.5 Å². The zero-order valence-corrected chi connectivity index (χ0v) is 26.3. The van der Waals surface area contributed by atoms with Gasteiger partial charge in [-0.15, -0.1) is 0 Å². The van der Waals surface area contributed by atoms with Crippen LogP contribution in [-0.4, -0.2) is 56.4 Å². The highest BCUT2D eigenvalue weighted by Gasteiger charge is 2.40. The molecule has 0 saturated carbocycles. The molecule has 1 fully saturated rings. The summed E-state index contributed by atoms with van der Waals surface area (Å²) < 4.78 is 3.08. The van der Waals surface area contributed by atoms with Gasteiger partial charge < -0.3 is 9.47 Å². The molecule has 0 radical (unpaired) electrons. The van der Waals surface area contributed by atoms with Crippen molar-refractivity contribution in [3.05, 3.63) is 117 Å². The first-order valence-electron chi connectivity index (χ1n) is 14.9. The summed E-state index contributed by atoms with van der Waals surface area (Å²) in [7, 11) is 2.11. The Kier molecular flexibility index (Phi) is 9.08. The molecule has 0 spiro atoms. The average molecular weight is 647 g/mol. The van der Waals surface area contributed by atoms with E-state index in [4.69, 9.17) is 16.6 Å². The molecule has 2 unspecified atom stereocenters. The number of hydrogen-bond acceptors (Lipinski definition) is 4. The Morgan fingerprint density at radius 3 is 2.76 bits per heavy atom. The van der Waals surface area contributed by atoms with E-state index < -0.39 is 0 Å². The number of carbonyl (C=O) groups excluding carboxylic acids is 1. The number of imidazole rings is 1. The molecule has 8 heteroatoms. The van der Waals surface area contributed by atoms with E-state index in [9.17, 15) is 4.79 Å². The standard InChI is InChI=1S/C34H37BrClN5O/c1-39-16-12-26(32-30-11-10-29(36)19-25(30)8-9-27-18-28(35)21-38-33(27)32)20-31(39)34(42)41(22-24-6-3-2-4-7-24)15-5-14-40-17-13-37-23-40/h2-4,6-7,10-11,13,17-19,21,23,26,31-32H,5,8-9,12,14-16,20,22H2,1H3/t26?,31?,32-/m1/s1. The zero-order chi connectivity index (χ0) is 29.1. The number of hydrogen-bond donors (Lipinski definition) is 0. The van der Waals surface area contributed by atoms with Gasteiger partial charge in [-0.1, -0.05) is 48.0 Å². The van der Waals surface area contributed by atoms with E-state index in [0.717, 1.165) is 65.9 Å². The maximum atomic E-state index is 14.4. The molecular weight excluding hydrogens is 610 g/mol. The second-order valence-electron chi connectivity index (χ2n) is 11.7. The lowest BCUT2D eigenvalue weighted by atomic mass is 9.74. The SMILES string of the molecule is CN1CCC([C@@H]2c3ccc(Cl)cc3CCc3cc(Br)cnc32)CC1C(=O)N(CCCn1ccnc1)Cc1ccccc1. The Morgan fingerprint density at radius 1 is 1.12 bits per heavy atom. The molecule has 1 amide bonds. The molecule has 6 nitrogen and oxygen atoms in total. The monoisotopic (exact) mass is 645 g/mol. The summed E-state index contributed by atoms with van der Waals surface area (Å²) in [5, 5.41) is 0.774. The first-order valence-corrected chi connectivity index (χ1v) is 16.0. The van der Waals surface area contributed by atoms with Gasteiger partial charge in [-0.25, -0.2) is 4.98 Å². The van der Waals surface area contributed by atoms with Gasteiger partial charge in [0.05, 0.1) is 18.1 Å². The minimum Gasteiger partial charge on any atom is -0.337 e. The number of amides is 1. The molecule has 2 aromatic carbocycles. The first-order chi connectivity index (χ1) is 20.5. The number of halogens is 2. The number of carbonyl (C=O) groups is 1. The van der Waals surface area contributed by atoms with E-state index >= 15 is 0 Å². The van der Waals surface area contributed by atoms with Crippen LogP contribution in [0.3, 0.4) is 0 Å². The van der Waals surface area contributed by atoms with Crippen molar-refractivity contribution in [1.29, 1.82) is 0 Å². The Morgan fingerprint density at radius 2 is 1.95 bits per heavy atom. The number of likely N-dealkylation sites (tertiary alicyclic amines) is 1. The molecule has 3 atom stereocenters. The summed E-state index contributed by atoms with van der Waals surface area (Å²) in [5.41, 5.74) is 6.21. The van der Waals surface area contributed by atoms with E-state index in [2.05, 4.69) is 72.7 Å². The van der Waals surface area contributed by atoms with Gasteiger partial charge in [0.25, 0.3) is 0 Å². The molecule has 3 heterocycles. The minimum absolute atomic E-state index is 0.135. The van der Waals surface area contributed by atoms with Gasteiger partial charge in [-0.3, -0.25) is 14.7 Å². The normalized spacial score (nSPS) is 20.4. The van der Waals surface area contributed by atoms with Gasteiger partial charge in [0.15, 0.2) is 0 Å². The highest BCUT2D eigenvalue weighted by Crippen LogP contribution is 2.44. The number of aromatic nitrogens is 3. The lowest BCUT2D eigenvalue weighted by Crippen LogP contribution is -2.51. The van der Waals surface area contributed by atoms with Gasteiger partial charge in [-0.05, 0) is 108 Å². The van der Waals surface area contributed by atoms with Crippen LogP contribution in [0.15, 0.2) is 84.0 Å². The second-order valence-corrected chi connectivity index (χ2v) is 13.1. The van der Waals surface area contributed by atoms with Gasteiger partial charge >= 0.3 is 0 Å². The quantitative estimate of drug-likeness (QED) is 0.213. The summed E-state index contributed by atoms with van der Waals surface area (Å²) in [6.45, 7) is 3.02. The highest BCUT2D eigenvalue weighted by molar-refractivity contribution is 9.10. The Bertz CT molecular complexity index is 1460. The summed E-state index contributed by atoms with van der Waals surface area (Å²) in [6.07, 6.45) is 12.1. The molecule has 4 aromatic rings. The third-order valence-corrected chi connectivity index (χ3v) is 9.63. The van der Waals surface area contributed by atoms with Crippen LogP contribution in [-0.2, 0) is 30.7 Å². The van der Waals surface area contributed by atoms with Crippen LogP contribution in [0.25, 0.3) is 0 Å². The fraction of sp³-hybridized carbons (Fsp3) is 0.382. The average Bonchev–Trinajstić information content (AvgIpc) is 3.46. The summed E-state index contributed by atoms with van der Waals surface area (Å²) >= 11 is 10.1. The van der Waals surface area contributed by atoms with Crippen molar-refractivity contribution in [2.75, 3.05) is 20.1 Å². The van der Waals surface area contributed by atoms with Crippen molar-refractivity contribution in [3.63, 3.8) is 0 Å². The van der Waals surface area contributed by atoms with Gasteiger partial charge in [0.2, 0.25) is 5.91 Å². The molecule has 2 aromatic heterocycles. The van der Waals surface area contributed by atoms with Crippen molar-refractivity contribution in [3.8, 4) is 0 Å². The van der Waals surface area contributed by atoms with Gasteiger partial charge in [-0.2, -0.15) is 0 Å². The van der Waals surface area contributed by atoms with E-state index in [-0.39, 0.29) is 17.9 Å². The number of aryl methyl sites for hydroxylation is 3. The Labute approximate surface area is 261 Å². The number of piperidine rings is 1. The Hall–Kier alpha value is -3.00. The van der Waals surface area contributed by atoms with E-state index in [1.165, 1.54) is 16.7 Å². The molecule has 42 heavy (non-hydrogen) atoms. The zero-order valence-electron chi connectivity index (χ0n) is 24.0. The van der Waals surface area contributed by atoms with E-state index in [1.807, 2.05) is 43.0 Å². The van der Waals surface area contributed by atoms with E-state index in [0.29, 0.717) is 19.0 Å². The van der Waals surface area contributed by atoms with Crippen molar-refractivity contribution in [2.24, 2.45) is 5.92 Å². The molecule has 1 aliphatic heterocycles. The van der Waals surface area contributed by atoms with Gasteiger partial charge in [0, 0.05) is 53.6 Å². The predicted molar refractivity (Wildman–Crippen MR) is 170 cm³/mol. The molecule has 0 bridgehead atoms. The van der Waals surface area contributed by atoms with Crippen LogP contribution in [0.2, 0.25) is 5.02 Å². The molecule has 2 aliphatic rings. The number of nitrogens with zero attached hydrogens (tertiary/aromatic N) is 5. The van der Waals surface area contributed by atoms with Crippen LogP contribution < -0.4 is 0 Å². The van der Waals surface area contributed by atoms with Crippen molar-refractivity contribution in [1.82, 2.24) is 24.3 Å². The molecular formula is C34H37BrClN5O. The van der Waals surface area contributed by atoms with Gasteiger partial charge in [0.1, 0.15) is 0 Å². The molecule has 218 valence electrons. The van der Waals surface area contributed by atoms with Crippen LogP contribution in [0.1, 0.15) is 53.1 Å². The third-order valence-electron chi connectivity index (χ3n) is 8.97. The smallest absolute Gasteiger partial charge is 0.240 e. The number of rotatable bonds is 8.